The molecule has 0 aromatic heterocycles. The Morgan fingerprint density at radius 3 is 2.54 bits per heavy atom. The normalized spacial score (nSPS) is 11.0. The highest BCUT2D eigenvalue weighted by Gasteiger charge is 2.21. The van der Waals surface area contributed by atoms with Crippen molar-refractivity contribution in [2.45, 2.75) is 6.92 Å². The third-order valence-corrected chi connectivity index (χ3v) is 5.49. The number of nitrogens with one attached hydrogen (secondary N) is 1. The fourth-order valence-corrected chi connectivity index (χ4v) is 3.31. The Morgan fingerprint density at radius 1 is 1.27 bits per heavy atom. The summed E-state index contributed by atoms with van der Waals surface area (Å²) in [5.41, 5.74) is 1.20. The fraction of sp³-hybridized carbons (Fsp3) is 0.188. The van der Waals surface area contributed by atoms with Crippen molar-refractivity contribution in [1.29, 1.82) is 0 Å². The Balaban J connectivity index is 2.23. The highest BCUT2D eigenvalue weighted by Crippen LogP contribution is 2.25. The summed E-state index contributed by atoms with van der Waals surface area (Å²) >= 11 is 3.34. The number of non-ortho nitro benzene ring substituents is 1. The van der Waals surface area contributed by atoms with Gasteiger partial charge in [-0.2, -0.15) is 0 Å². The molecule has 0 aliphatic carbocycles. The van der Waals surface area contributed by atoms with Gasteiger partial charge in [-0.1, -0.05) is 22.0 Å². The van der Waals surface area contributed by atoms with E-state index in [0.717, 1.165) is 20.6 Å². The van der Waals surface area contributed by atoms with Crippen molar-refractivity contribution in [3.05, 3.63) is 62.6 Å². The maximum Gasteiger partial charge on any atom is 0.271 e. The molecule has 1 amide bonds. The molecule has 0 bridgehead atoms. The smallest absolute Gasteiger partial charge is 0.271 e. The molecule has 0 unspecified atom stereocenters. The summed E-state index contributed by atoms with van der Waals surface area (Å²) in [5.74, 6) is -0.614. The quantitative estimate of drug-likeness (QED) is 0.546. The molecule has 0 aliphatic rings. The van der Waals surface area contributed by atoms with E-state index >= 15 is 0 Å². The molecule has 0 atom stereocenters. The summed E-state index contributed by atoms with van der Waals surface area (Å²) in [5, 5.41) is 13.3. The van der Waals surface area contributed by atoms with Crippen molar-refractivity contribution in [2.24, 2.45) is 0 Å². The molecular formula is C16H16BrN3O5S. The fourth-order valence-electron chi connectivity index (χ4n) is 2.21. The Morgan fingerprint density at radius 2 is 1.96 bits per heavy atom. The topological polar surface area (TPSA) is 110 Å². The van der Waals surface area contributed by atoms with Crippen molar-refractivity contribution in [3.8, 4) is 0 Å². The van der Waals surface area contributed by atoms with E-state index in [0.29, 0.717) is 5.69 Å². The molecule has 0 saturated carbocycles. The van der Waals surface area contributed by atoms with Crippen LogP contribution >= 0.6 is 15.9 Å². The van der Waals surface area contributed by atoms with Crippen LogP contribution < -0.4 is 9.62 Å². The van der Waals surface area contributed by atoms with E-state index in [2.05, 4.69) is 21.2 Å². The van der Waals surface area contributed by atoms with Gasteiger partial charge in [0.15, 0.2) is 0 Å². The molecule has 138 valence electrons. The number of carbonyl (C=O) groups is 1. The van der Waals surface area contributed by atoms with Gasteiger partial charge in [0.05, 0.1) is 16.9 Å². The van der Waals surface area contributed by atoms with Crippen LogP contribution in [-0.2, 0) is 14.8 Å². The molecule has 0 fully saturated rings. The van der Waals surface area contributed by atoms with Gasteiger partial charge < -0.3 is 5.32 Å². The summed E-state index contributed by atoms with van der Waals surface area (Å²) in [4.78, 5) is 22.5. The SMILES string of the molecule is Cc1cc(N(CC(=O)Nc2cccc([N+](=O)[O-])c2)S(C)(=O)=O)ccc1Br. The Hall–Kier alpha value is -2.46. The number of rotatable bonds is 6. The maximum atomic E-state index is 12.3. The lowest BCUT2D eigenvalue weighted by molar-refractivity contribution is -0.384. The zero-order valence-corrected chi connectivity index (χ0v) is 16.4. The average molecular weight is 442 g/mol. The minimum absolute atomic E-state index is 0.175. The Kier molecular flexibility index (Phi) is 5.98. The van der Waals surface area contributed by atoms with Gasteiger partial charge in [-0.05, 0) is 36.8 Å². The number of nitro benzene ring substituents is 1. The number of halogens is 1. The van der Waals surface area contributed by atoms with Gasteiger partial charge in [-0.25, -0.2) is 8.42 Å². The Bertz CT molecular complexity index is 962. The second-order valence-electron chi connectivity index (χ2n) is 5.56. The number of aryl methyl sites for hydroxylation is 1. The molecule has 1 N–H and O–H groups in total. The van der Waals surface area contributed by atoms with E-state index < -0.39 is 27.4 Å². The molecule has 2 aromatic carbocycles. The molecule has 2 rings (SSSR count). The number of sulfonamides is 1. The van der Waals surface area contributed by atoms with Crippen LogP contribution in [0.5, 0.6) is 0 Å². The van der Waals surface area contributed by atoms with Gasteiger partial charge in [0.2, 0.25) is 15.9 Å². The molecule has 0 radical (unpaired) electrons. The zero-order valence-electron chi connectivity index (χ0n) is 14.0. The van der Waals surface area contributed by atoms with E-state index in [9.17, 15) is 23.3 Å². The molecule has 8 nitrogen and oxygen atoms in total. The van der Waals surface area contributed by atoms with Crippen LogP contribution in [0.3, 0.4) is 0 Å². The van der Waals surface area contributed by atoms with E-state index in [1.54, 1.807) is 25.1 Å². The number of amides is 1. The predicted molar refractivity (Wildman–Crippen MR) is 103 cm³/mol. The lowest BCUT2D eigenvalue weighted by Crippen LogP contribution is -2.37. The minimum atomic E-state index is -3.71. The summed E-state index contributed by atoms with van der Waals surface area (Å²) in [6.45, 7) is 1.35. The van der Waals surface area contributed by atoms with Crippen LogP contribution in [-0.4, -0.2) is 32.0 Å². The van der Waals surface area contributed by atoms with Crippen LogP contribution in [0.1, 0.15) is 5.56 Å². The van der Waals surface area contributed by atoms with Crippen LogP contribution in [0.4, 0.5) is 17.1 Å². The Labute approximate surface area is 159 Å². The van der Waals surface area contributed by atoms with E-state index in [1.165, 1.54) is 24.3 Å². The summed E-state index contributed by atoms with van der Waals surface area (Å²) in [6, 6.07) is 10.3. The van der Waals surface area contributed by atoms with Crippen LogP contribution in [0, 0.1) is 17.0 Å². The van der Waals surface area contributed by atoms with Crippen LogP contribution in [0.2, 0.25) is 0 Å². The first-order valence-corrected chi connectivity index (χ1v) is 10.0. The molecule has 0 heterocycles. The number of nitrogens with zero attached hydrogens (tertiary/aromatic N) is 2. The predicted octanol–water partition coefficient (Wildman–Crippen LogP) is 3.07. The molecule has 2 aromatic rings. The molecule has 26 heavy (non-hydrogen) atoms. The van der Waals surface area contributed by atoms with Gasteiger partial charge in [-0.3, -0.25) is 19.2 Å². The van der Waals surface area contributed by atoms with Gasteiger partial charge in [-0.15, -0.1) is 0 Å². The number of hydrogen-bond acceptors (Lipinski definition) is 5. The highest BCUT2D eigenvalue weighted by atomic mass is 79.9. The molecule has 10 heteroatoms. The summed E-state index contributed by atoms with van der Waals surface area (Å²) in [7, 11) is -3.71. The summed E-state index contributed by atoms with van der Waals surface area (Å²) < 4.78 is 26.0. The average Bonchev–Trinajstić information content (AvgIpc) is 2.54. The molecule has 0 saturated heterocycles. The molecule has 0 spiro atoms. The molecule has 0 aliphatic heterocycles. The molecular weight excluding hydrogens is 426 g/mol. The van der Waals surface area contributed by atoms with Crippen LogP contribution in [0.25, 0.3) is 0 Å². The minimum Gasteiger partial charge on any atom is -0.324 e. The van der Waals surface area contributed by atoms with E-state index in [4.69, 9.17) is 0 Å². The second kappa shape index (κ2) is 7.83. The monoisotopic (exact) mass is 441 g/mol. The first kappa shape index (κ1) is 19.9. The van der Waals surface area contributed by atoms with Crippen molar-refractivity contribution >= 4 is 48.9 Å². The zero-order chi connectivity index (χ0) is 19.5. The number of benzene rings is 2. The van der Waals surface area contributed by atoms with Crippen LogP contribution in [0.15, 0.2) is 46.9 Å². The second-order valence-corrected chi connectivity index (χ2v) is 8.32. The van der Waals surface area contributed by atoms with Gasteiger partial charge in [0.25, 0.3) is 5.69 Å². The highest BCUT2D eigenvalue weighted by molar-refractivity contribution is 9.10. The first-order chi connectivity index (χ1) is 12.1. The van der Waals surface area contributed by atoms with Gasteiger partial charge >= 0.3 is 0 Å². The lowest BCUT2D eigenvalue weighted by Gasteiger charge is -2.22. The lowest BCUT2D eigenvalue weighted by atomic mass is 10.2. The maximum absolute atomic E-state index is 12.3. The van der Waals surface area contributed by atoms with Gasteiger partial charge in [0.1, 0.15) is 6.54 Å². The summed E-state index contributed by atoms with van der Waals surface area (Å²) in [6.07, 6.45) is 1.00. The van der Waals surface area contributed by atoms with Crippen molar-refractivity contribution in [3.63, 3.8) is 0 Å². The van der Waals surface area contributed by atoms with Gasteiger partial charge in [0, 0.05) is 22.3 Å². The first-order valence-electron chi connectivity index (χ1n) is 7.36. The number of carbonyl (C=O) groups excluding carboxylic acids is 1. The third kappa shape index (κ3) is 5.02. The number of nitro groups is 1. The van der Waals surface area contributed by atoms with E-state index in [-0.39, 0.29) is 11.4 Å². The van der Waals surface area contributed by atoms with Crippen molar-refractivity contribution in [1.82, 2.24) is 0 Å². The third-order valence-electron chi connectivity index (χ3n) is 3.46. The number of anilines is 2. The largest absolute Gasteiger partial charge is 0.324 e. The van der Waals surface area contributed by atoms with E-state index in [1.807, 2.05) is 0 Å². The van der Waals surface area contributed by atoms with Crippen molar-refractivity contribution < 1.29 is 18.1 Å². The standard InChI is InChI=1S/C16H16BrN3O5S/c1-11-8-13(6-7-15(11)17)19(26(2,24)25)10-16(21)18-12-4-3-5-14(9-12)20(22)23/h3-9H,10H2,1-2H3,(H,18,21). The van der Waals surface area contributed by atoms with Crippen molar-refractivity contribution in [2.75, 3.05) is 22.4 Å². The number of hydrogen-bond donors (Lipinski definition) is 1.